The van der Waals surface area contributed by atoms with Gasteiger partial charge in [0.05, 0.1) is 0 Å². The molecular formula is C20H20Cl2N2O2. The summed E-state index contributed by atoms with van der Waals surface area (Å²) in [6.45, 7) is 4.62. The maximum atomic E-state index is 12.5. The molecule has 0 fully saturated rings. The molecule has 0 spiro atoms. The molecule has 2 amide bonds. The van der Waals surface area contributed by atoms with Gasteiger partial charge in [-0.1, -0.05) is 36.2 Å². The zero-order chi connectivity index (χ0) is 18.8. The lowest BCUT2D eigenvalue weighted by atomic mass is 10.0. The third-order valence-corrected chi connectivity index (χ3v) is 5.34. The van der Waals surface area contributed by atoms with Crippen LogP contribution in [0, 0.1) is 0 Å². The maximum absolute atomic E-state index is 12.5. The second kappa shape index (κ2) is 7.68. The van der Waals surface area contributed by atoms with E-state index in [2.05, 4.69) is 5.32 Å². The molecule has 2 aromatic carbocycles. The average Bonchev–Trinajstić information content (AvgIpc) is 3.02. The Labute approximate surface area is 163 Å². The van der Waals surface area contributed by atoms with E-state index in [4.69, 9.17) is 23.2 Å². The Balaban J connectivity index is 1.69. The predicted molar refractivity (Wildman–Crippen MR) is 105 cm³/mol. The molecule has 1 aliphatic rings. The summed E-state index contributed by atoms with van der Waals surface area (Å²) in [6, 6.07) is 10.8. The number of hydrogen-bond acceptors (Lipinski definition) is 2. The van der Waals surface area contributed by atoms with Gasteiger partial charge in [0, 0.05) is 47.2 Å². The van der Waals surface area contributed by atoms with Crippen LogP contribution >= 0.6 is 23.2 Å². The van der Waals surface area contributed by atoms with Crippen molar-refractivity contribution < 1.29 is 9.59 Å². The number of anilines is 1. The minimum absolute atomic E-state index is 0.0113. The second-order valence-corrected chi connectivity index (χ2v) is 7.32. The number of nitrogens with zero attached hydrogens (tertiary/aromatic N) is 1. The molecule has 1 heterocycles. The number of halogens is 2. The lowest BCUT2D eigenvalue weighted by Gasteiger charge is -2.17. The molecule has 1 N–H and O–H groups in total. The number of fused-ring (bicyclic) bond motifs is 1. The zero-order valence-electron chi connectivity index (χ0n) is 14.7. The molecule has 2 aromatic rings. The third-order valence-electron chi connectivity index (χ3n) is 4.68. The predicted octanol–water partition coefficient (Wildman–Crippen LogP) is 4.44. The van der Waals surface area contributed by atoms with Gasteiger partial charge < -0.3 is 10.2 Å². The molecule has 6 heteroatoms. The lowest BCUT2D eigenvalue weighted by molar-refractivity contribution is -0.116. The molecule has 0 radical (unpaired) electrons. The molecular weight excluding hydrogens is 371 g/mol. The fraction of sp³-hybridized carbons (Fsp3) is 0.300. The molecule has 4 nitrogen and oxygen atoms in total. The van der Waals surface area contributed by atoms with Crippen LogP contribution in [0.15, 0.2) is 36.4 Å². The van der Waals surface area contributed by atoms with Crippen LogP contribution in [0.1, 0.15) is 41.3 Å². The number of nitrogens with one attached hydrogen (secondary N) is 1. The summed E-state index contributed by atoms with van der Waals surface area (Å²) in [5, 5.41) is 4.14. The first kappa shape index (κ1) is 18.7. The van der Waals surface area contributed by atoms with Gasteiger partial charge in [0.25, 0.3) is 5.91 Å². The summed E-state index contributed by atoms with van der Waals surface area (Å²) in [6.07, 6.45) is 0.766. The van der Waals surface area contributed by atoms with E-state index in [1.807, 2.05) is 19.1 Å². The number of amides is 2. The zero-order valence-corrected chi connectivity index (χ0v) is 16.2. The van der Waals surface area contributed by atoms with Crippen LogP contribution in [-0.2, 0) is 11.2 Å². The minimum Gasteiger partial charge on any atom is -0.351 e. The van der Waals surface area contributed by atoms with Crippen LogP contribution in [0.5, 0.6) is 0 Å². The van der Waals surface area contributed by atoms with Crippen molar-refractivity contribution in [3.05, 3.63) is 63.1 Å². The molecule has 0 saturated carbocycles. The number of benzene rings is 2. The highest BCUT2D eigenvalue weighted by atomic mass is 35.5. The summed E-state index contributed by atoms with van der Waals surface area (Å²) in [4.78, 5) is 25.9. The van der Waals surface area contributed by atoms with Gasteiger partial charge in [-0.25, -0.2) is 0 Å². The number of rotatable bonds is 4. The van der Waals surface area contributed by atoms with Crippen LogP contribution in [0.3, 0.4) is 0 Å². The fourth-order valence-electron chi connectivity index (χ4n) is 3.30. The third kappa shape index (κ3) is 3.71. The summed E-state index contributed by atoms with van der Waals surface area (Å²) < 4.78 is 0. The molecule has 1 unspecified atom stereocenters. The van der Waals surface area contributed by atoms with Crippen molar-refractivity contribution in [2.75, 3.05) is 18.0 Å². The van der Waals surface area contributed by atoms with E-state index in [0.717, 1.165) is 23.2 Å². The SMILES string of the molecule is CC(=O)N1CCc2cc(C(=O)NCC(C)c3c(Cl)cccc3Cl)ccc21. The molecule has 3 rings (SSSR count). The fourth-order valence-corrected chi connectivity index (χ4v) is 4.07. The highest BCUT2D eigenvalue weighted by Crippen LogP contribution is 2.31. The van der Waals surface area contributed by atoms with Crippen molar-refractivity contribution in [3.8, 4) is 0 Å². The van der Waals surface area contributed by atoms with E-state index in [1.165, 1.54) is 0 Å². The number of hydrogen-bond donors (Lipinski definition) is 1. The Morgan fingerprint density at radius 1 is 1.19 bits per heavy atom. The van der Waals surface area contributed by atoms with Gasteiger partial charge in [0.15, 0.2) is 0 Å². The second-order valence-electron chi connectivity index (χ2n) is 6.51. The topological polar surface area (TPSA) is 49.4 Å². The number of carbonyl (C=O) groups excluding carboxylic acids is 2. The molecule has 0 aliphatic carbocycles. The van der Waals surface area contributed by atoms with Crippen LogP contribution in [0.2, 0.25) is 10.0 Å². The van der Waals surface area contributed by atoms with Crippen LogP contribution in [-0.4, -0.2) is 24.9 Å². The Morgan fingerprint density at radius 2 is 1.88 bits per heavy atom. The number of carbonyl (C=O) groups is 2. The van der Waals surface area contributed by atoms with Crippen molar-refractivity contribution in [3.63, 3.8) is 0 Å². The highest BCUT2D eigenvalue weighted by Gasteiger charge is 2.23. The Bertz CT molecular complexity index is 847. The minimum atomic E-state index is -0.149. The van der Waals surface area contributed by atoms with Crippen LogP contribution < -0.4 is 10.2 Å². The van der Waals surface area contributed by atoms with Gasteiger partial charge in [-0.15, -0.1) is 0 Å². The molecule has 26 heavy (non-hydrogen) atoms. The van der Waals surface area contributed by atoms with E-state index >= 15 is 0 Å². The smallest absolute Gasteiger partial charge is 0.251 e. The first-order valence-electron chi connectivity index (χ1n) is 8.51. The van der Waals surface area contributed by atoms with E-state index in [0.29, 0.717) is 28.7 Å². The summed E-state index contributed by atoms with van der Waals surface area (Å²) >= 11 is 12.5. The van der Waals surface area contributed by atoms with Crippen molar-refractivity contribution in [1.82, 2.24) is 5.32 Å². The summed E-state index contributed by atoms with van der Waals surface area (Å²) in [5.41, 5.74) is 3.34. The lowest BCUT2D eigenvalue weighted by Crippen LogP contribution is -2.28. The average molecular weight is 391 g/mol. The Hall–Kier alpha value is -2.04. The van der Waals surface area contributed by atoms with E-state index in [-0.39, 0.29) is 17.7 Å². The van der Waals surface area contributed by atoms with Gasteiger partial charge in [0.1, 0.15) is 0 Å². The summed E-state index contributed by atoms with van der Waals surface area (Å²) in [7, 11) is 0. The molecule has 0 saturated heterocycles. The summed E-state index contributed by atoms with van der Waals surface area (Å²) in [5.74, 6) is -0.140. The largest absolute Gasteiger partial charge is 0.351 e. The van der Waals surface area contributed by atoms with Crippen molar-refractivity contribution >= 4 is 40.7 Å². The van der Waals surface area contributed by atoms with Crippen LogP contribution in [0.4, 0.5) is 5.69 Å². The quantitative estimate of drug-likeness (QED) is 0.838. The Morgan fingerprint density at radius 3 is 2.54 bits per heavy atom. The van der Waals surface area contributed by atoms with E-state index in [9.17, 15) is 9.59 Å². The van der Waals surface area contributed by atoms with Gasteiger partial charge in [-0.2, -0.15) is 0 Å². The van der Waals surface area contributed by atoms with Crippen molar-refractivity contribution in [2.45, 2.75) is 26.2 Å². The van der Waals surface area contributed by atoms with E-state index in [1.54, 1.807) is 36.1 Å². The maximum Gasteiger partial charge on any atom is 0.251 e. The van der Waals surface area contributed by atoms with Crippen molar-refractivity contribution in [1.29, 1.82) is 0 Å². The normalized spacial score (nSPS) is 14.1. The van der Waals surface area contributed by atoms with Gasteiger partial charge in [-0.3, -0.25) is 9.59 Å². The first-order valence-corrected chi connectivity index (χ1v) is 9.27. The molecule has 0 bridgehead atoms. The Kier molecular flexibility index (Phi) is 5.54. The van der Waals surface area contributed by atoms with Gasteiger partial charge in [0.2, 0.25) is 5.91 Å². The molecule has 1 aliphatic heterocycles. The van der Waals surface area contributed by atoms with Crippen molar-refractivity contribution in [2.24, 2.45) is 0 Å². The standard InChI is InChI=1S/C20H20Cl2N2O2/c1-12(19-16(21)4-3-5-17(19)22)11-23-20(26)15-6-7-18-14(10-15)8-9-24(18)13(2)25/h3-7,10,12H,8-9,11H2,1-2H3,(H,23,26). The molecule has 0 aromatic heterocycles. The van der Waals surface area contributed by atoms with Gasteiger partial charge >= 0.3 is 0 Å². The van der Waals surface area contributed by atoms with Gasteiger partial charge in [-0.05, 0) is 47.9 Å². The van der Waals surface area contributed by atoms with Crippen LogP contribution in [0.25, 0.3) is 0 Å². The van der Waals surface area contributed by atoms with E-state index < -0.39 is 0 Å². The molecule has 136 valence electrons. The first-order chi connectivity index (χ1) is 12.4. The monoisotopic (exact) mass is 390 g/mol. The highest BCUT2D eigenvalue weighted by molar-refractivity contribution is 6.36. The molecule has 1 atom stereocenters.